The highest BCUT2D eigenvalue weighted by molar-refractivity contribution is 5.98. The molecule has 4 nitrogen and oxygen atoms in total. The van der Waals surface area contributed by atoms with Crippen molar-refractivity contribution in [2.45, 2.75) is 33.7 Å². The van der Waals surface area contributed by atoms with Crippen molar-refractivity contribution in [3.63, 3.8) is 0 Å². The minimum atomic E-state index is -0.0344. The Bertz CT molecular complexity index is 442. The maximum atomic E-state index is 12.6. The summed E-state index contributed by atoms with van der Waals surface area (Å²) in [7, 11) is 1.56. The number of nitrogen functional groups attached to an aromatic ring is 1. The van der Waals surface area contributed by atoms with Gasteiger partial charge in [0.05, 0.1) is 12.7 Å². The van der Waals surface area contributed by atoms with Crippen LogP contribution in [-0.4, -0.2) is 30.5 Å². The van der Waals surface area contributed by atoms with Crippen molar-refractivity contribution in [3.8, 4) is 5.75 Å². The molecule has 0 aliphatic heterocycles. The predicted molar refractivity (Wildman–Crippen MR) is 78.4 cm³/mol. The van der Waals surface area contributed by atoms with E-state index in [0.717, 1.165) is 0 Å². The van der Waals surface area contributed by atoms with E-state index in [1.165, 1.54) is 0 Å². The van der Waals surface area contributed by atoms with Crippen LogP contribution in [-0.2, 0) is 0 Å². The monoisotopic (exact) mass is 264 g/mol. The fourth-order valence-corrected chi connectivity index (χ4v) is 1.97. The van der Waals surface area contributed by atoms with E-state index >= 15 is 0 Å². The Morgan fingerprint density at radius 2 is 1.95 bits per heavy atom. The average molecular weight is 264 g/mol. The molecular formula is C15H24N2O2. The van der Waals surface area contributed by atoms with Crippen LogP contribution in [0.5, 0.6) is 5.75 Å². The molecule has 0 atom stereocenters. The van der Waals surface area contributed by atoms with Crippen LogP contribution in [0.25, 0.3) is 0 Å². The highest BCUT2D eigenvalue weighted by atomic mass is 16.5. The van der Waals surface area contributed by atoms with E-state index in [0.29, 0.717) is 29.5 Å². The van der Waals surface area contributed by atoms with Gasteiger partial charge < -0.3 is 15.4 Å². The van der Waals surface area contributed by atoms with Gasteiger partial charge in [0, 0.05) is 18.3 Å². The first-order valence-corrected chi connectivity index (χ1v) is 6.61. The first-order chi connectivity index (χ1) is 8.86. The SMILES string of the molecule is COc1ccc(N)cc1C(=O)N(CC(C)C)C(C)C. The Morgan fingerprint density at radius 3 is 2.42 bits per heavy atom. The molecule has 0 saturated carbocycles. The average Bonchev–Trinajstić information content (AvgIpc) is 2.34. The number of hydrogen-bond donors (Lipinski definition) is 1. The molecule has 19 heavy (non-hydrogen) atoms. The third-order valence-electron chi connectivity index (χ3n) is 2.90. The second-order valence-corrected chi connectivity index (χ2v) is 5.40. The Labute approximate surface area is 115 Å². The highest BCUT2D eigenvalue weighted by Gasteiger charge is 2.22. The van der Waals surface area contributed by atoms with E-state index in [9.17, 15) is 4.79 Å². The fraction of sp³-hybridized carbons (Fsp3) is 0.533. The van der Waals surface area contributed by atoms with Crippen molar-refractivity contribution in [1.82, 2.24) is 4.90 Å². The summed E-state index contributed by atoms with van der Waals surface area (Å²) in [4.78, 5) is 14.5. The van der Waals surface area contributed by atoms with Crippen LogP contribution in [0.3, 0.4) is 0 Å². The number of methoxy groups -OCH3 is 1. The van der Waals surface area contributed by atoms with Crippen LogP contribution in [0.2, 0.25) is 0 Å². The molecule has 0 radical (unpaired) electrons. The smallest absolute Gasteiger partial charge is 0.257 e. The van der Waals surface area contributed by atoms with Crippen LogP contribution in [0, 0.1) is 5.92 Å². The Kier molecular flexibility index (Phi) is 5.21. The molecule has 1 aromatic carbocycles. The van der Waals surface area contributed by atoms with Gasteiger partial charge in [-0.05, 0) is 38.0 Å². The van der Waals surface area contributed by atoms with Crippen LogP contribution < -0.4 is 10.5 Å². The lowest BCUT2D eigenvalue weighted by Gasteiger charge is -2.29. The zero-order valence-corrected chi connectivity index (χ0v) is 12.4. The molecule has 0 bridgehead atoms. The molecule has 2 N–H and O–H groups in total. The summed E-state index contributed by atoms with van der Waals surface area (Å²) in [5, 5.41) is 0. The second kappa shape index (κ2) is 6.45. The minimum Gasteiger partial charge on any atom is -0.496 e. The van der Waals surface area contributed by atoms with Gasteiger partial charge in [0.25, 0.3) is 5.91 Å². The van der Waals surface area contributed by atoms with Crippen molar-refractivity contribution in [3.05, 3.63) is 23.8 Å². The molecule has 1 rings (SSSR count). The lowest BCUT2D eigenvalue weighted by Crippen LogP contribution is -2.39. The van der Waals surface area contributed by atoms with Crippen molar-refractivity contribution in [2.24, 2.45) is 5.92 Å². The van der Waals surface area contributed by atoms with E-state index in [2.05, 4.69) is 13.8 Å². The predicted octanol–water partition coefficient (Wildman–Crippen LogP) is 2.78. The number of hydrogen-bond acceptors (Lipinski definition) is 3. The van der Waals surface area contributed by atoms with E-state index < -0.39 is 0 Å². The molecule has 0 spiro atoms. The first-order valence-electron chi connectivity index (χ1n) is 6.61. The number of carbonyl (C=O) groups is 1. The number of benzene rings is 1. The van der Waals surface area contributed by atoms with E-state index in [1.807, 2.05) is 18.7 Å². The van der Waals surface area contributed by atoms with Crippen LogP contribution in [0.15, 0.2) is 18.2 Å². The van der Waals surface area contributed by atoms with Crippen LogP contribution in [0.4, 0.5) is 5.69 Å². The maximum Gasteiger partial charge on any atom is 0.257 e. The standard InChI is InChI=1S/C15H24N2O2/c1-10(2)9-17(11(3)4)15(18)13-8-12(16)6-7-14(13)19-5/h6-8,10-11H,9,16H2,1-5H3. The summed E-state index contributed by atoms with van der Waals surface area (Å²) in [6.45, 7) is 8.94. The number of nitrogens with two attached hydrogens (primary N) is 1. The summed E-state index contributed by atoms with van der Waals surface area (Å²) in [5.74, 6) is 0.944. The number of ether oxygens (including phenoxy) is 1. The lowest BCUT2D eigenvalue weighted by molar-refractivity contribution is 0.0678. The zero-order chi connectivity index (χ0) is 14.6. The number of amides is 1. The van der Waals surface area contributed by atoms with Gasteiger partial charge >= 0.3 is 0 Å². The summed E-state index contributed by atoms with van der Waals surface area (Å²) >= 11 is 0. The summed E-state index contributed by atoms with van der Waals surface area (Å²) in [5.41, 5.74) is 6.86. The number of rotatable bonds is 5. The molecule has 0 heterocycles. The summed E-state index contributed by atoms with van der Waals surface area (Å²) < 4.78 is 5.25. The third-order valence-corrected chi connectivity index (χ3v) is 2.90. The lowest BCUT2D eigenvalue weighted by atomic mass is 10.1. The number of anilines is 1. The number of carbonyl (C=O) groups excluding carboxylic acids is 1. The number of nitrogens with zero attached hydrogens (tertiary/aromatic N) is 1. The second-order valence-electron chi connectivity index (χ2n) is 5.40. The van der Waals surface area contributed by atoms with Gasteiger partial charge in [0.2, 0.25) is 0 Å². The maximum absolute atomic E-state index is 12.6. The van der Waals surface area contributed by atoms with E-state index in [1.54, 1.807) is 25.3 Å². The molecule has 106 valence electrons. The molecule has 0 unspecified atom stereocenters. The molecule has 1 aromatic rings. The van der Waals surface area contributed by atoms with Crippen molar-refractivity contribution in [1.29, 1.82) is 0 Å². The van der Waals surface area contributed by atoms with Crippen LogP contribution >= 0.6 is 0 Å². The first kappa shape index (κ1) is 15.3. The van der Waals surface area contributed by atoms with Crippen molar-refractivity contribution < 1.29 is 9.53 Å². The van der Waals surface area contributed by atoms with Crippen LogP contribution in [0.1, 0.15) is 38.1 Å². The van der Waals surface area contributed by atoms with Gasteiger partial charge in [-0.3, -0.25) is 4.79 Å². The Balaban J connectivity index is 3.12. The van der Waals surface area contributed by atoms with Gasteiger partial charge in [0.1, 0.15) is 5.75 Å². The normalized spacial score (nSPS) is 10.9. The molecule has 0 aromatic heterocycles. The van der Waals surface area contributed by atoms with Gasteiger partial charge in [-0.15, -0.1) is 0 Å². The van der Waals surface area contributed by atoms with Crippen molar-refractivity contribution >= 4 is 11.6 Å². The van der Waals surface area contributed by atoms with E-state index in [4.69, 9.17) is 10.5 Å². The Morgan fingerprint density at radius 1 is 1.32 bits per heavy atom. The van der Waals surface area contributed by atoms with Gasteiger partial charge in [-0.25, -0.2) is 0 Å². The van der Waals surface area contributed by atoms with Crippen molar-refractivity contribution in [2.75, 3.05) is 19.4 Å². The summed E-state index contributed by atoms with van der Waals surface area (Å²) in [6.07, 6.45) is 0. The molecule has 0 aliphatic carbocycles. The quantitative estimate of drug-likeness (QED) is 0.832. The molecule has 0 aliphatic rings. The molecule has 0 saturated heterocycles. The van der Waals surface area contributed by atoms with Gasteiger partial charge in [-0.2, -0.15) is 0 Å². The fourth-order valence-electron chi connectivity index (χ4n) is 1.97. The molecule has 4 heteroatoms. The minimum absolute atomic E-state index is 0.0344. The largest absolute Gasteiger partial charge is 0.496 e. The molecule has 0 fully saturated rings. The summed E-state index contributed by atoms with van der Waals surface area (Å²) in [6, 6.07) is 5.28. The molecule has 1 amide bonds. The third kappa shape index (κ3) is 3.88. The van der Waals surface area contributed by atoms with Gasteiger partial charge in [0.15, 0.2) is 0 Å². The van der Waals surface area contributed by atoms with E-state index in [-0.39, 0.29) is 11.9 Å². The molecular weight excluding hydrogens is 240 g/mol. The zero-order valence-electron chi connectivity index (χ0n) is 12.4. The highest BCUT2D eigenvalue weighted by Crippen LogP contribution is 2.24. The topological polar surface area (TPSA) is 55.6 Å². The van der Waals surface area contributed by atoms with Gasteiger partial charge in [-0.1, -0.05) is 13.8 Å². The Hall–Kier alpha value is -1.71.